The van der Waals surface area contributed by atoms with Crippen molar-refractivity contribution in [2.75, 3.05) is 6.26 Å². The fourth-order valence-electron chi connectivity index (χ4n) is 1.75. The summed E-state index contributed by atoms with van der Waals surface area (Å²) >= 11 is 1.54. The number of thioether (sulfide) groups is 1. The molecule has 5 heteroatoms. The zero-order valence-corrected chi connectivity index (χ0v) is 10.5. The van der Waals surface area contributed by atoms with E-state index < -0.39 is 0 Å². The number of aromatic nitrogens is 2. The highest BCUT2D eigenvalue weighted by Crippen LogP contribution is 2.15. The molecule has 1 aromatic carbocycles. The average Bonchev–Trinajstić information content (AvgIpc) is 2.29. The Labute approximate surface area is 103 Å². The molecule has 0 aliphatic carbocycles. The van der Waals surface area contributed by atoms with Crippen LogP contribution in [-0.2, 0) is 5.75 Å². The molecule has 17 heavy (non-hydrogen) atoms. The van der Waals surface area contributed by atoms with Crippen LogP contribution >= 0.6 is 11.8 Å². The minimum absolute atomic E-state index is 0.151. The third-order valence-corrected chi connectivity index (χ3v) is 3.01. The highest BCUT2D eigenvalue weighted by molar-refractivity contribution is 7.97. The second-order valence-corrected chi connectivity index (χ2v) is 4.55. The Hall–Kier alpha value is -1.62. The van der Waals surface area contributed by atoms with E-state index in [1.54, 1.807) is 18.2 Å². The molecule has 0 aliphatic heterocycles. The Morgan fingerprint density at radius 2 is 2.18 bits per heavy atom. The first-order valence-electron chi connectivity index (χ1n) is 5.16. The molecule has 0 atom stereocenters. The van der Waals surface area contributed by atoms with E-state index in [4.69, 9.17) is 0 Å². The van der Waals surface area contributed by atoms with Crippen LogP contribution < -0.4 is 4.73 Å². The molecule has 88 valence electrons. The van der Waals surface area contributed by atoms with E-state index >= 15 is 0 Å². The summed E-state index contributed by atoms with van der Waals surface area (Å²) in [5.74, 6) is 0.310. The summed E-state index contributed by atoms with van der Waals surface area (Å²) < 4.78 is 0.691. The number of hydrogen-bond acceptors (Lipinski definition) is 4. The lowest BCUT2D eigenvalue weighted by atomic mass is 10.2. The van der Waals surface area contributed by atoms with Gasteiger partial charge in [0.2, 0.25) is 11.3 Å². The lowest BCUT2D eigenvalue weighted by molar-refractivity contribution is -0.580. The number of benzene rings is 1. The predicted octanol–water partition coefficient (Wildman–Crippen LogP) is 1.93. The van der Waals surface area contributed by atoms with Crippen molar-refractivity contribution in [1.29, 1.82) is 0 Å². The van der Waals surface area contributed by atoms with Crippen molar-refractivity contribution in [2.24, 2.45) is 0 Å². The molecule has 2 rings (SSSR count). The largest absolute Gasteiger partial charge is 0.618 e. The summed E-state index contributed by atoms with van der Waals surface area (Å²) in [6, 6.07) is 7.03. The summed E-state index contributed by atoms with van der Waals surface area (Å²) in [5, 5.41) is 12.1. The van der Waals surface area contributed by atoms with Crippen LogP contribution in [0, 0.1) is 5.21 Å². The first kappa shape index (κ1) is 11.9. The van der Waals surface area contributed by atoms with Gasteiger partial charge < -0.3 is 5.21 Å². The molecule has 0 spiro atoms. The van der Waals surface area contributed by atoms with E-state index in [0.29, 0.717) is 27.2 Å². The third kappa shape index (κ3) is 2.10. The molecule has 0 saturated heterocycles. The van der Waals surface area contributed by atoms with E-state index in [-0.39, 0.29) is 11.5 Å². The van der Waals surface area contributed by atoms with Crippen LogP contribution in [0.4, 0.5) is 0 Å². The van der Waals surface area contributed by atoms with E-state index in [1.165, 1.54) is 18.7 Å². The number of fused-ring (bicyclic) bond motifs is 1. The maximum Gasteiger partial charge on any atom is 0.282 e. The van der Waals surface area contributed by atoms with Crippen LogP contribution in [0.3, 0.4) is 0 Å². The summed E-state index contributed by atoms with van der Waals surface area (Å²) in [6.45, 7) is 1.39. The van der Waals surface area contributed by atoms with Gasteiger partial charge in [0.05, 0.1) is 0 Å². The van der Waals surface area contributed by atoms with Gasteiger partial charge in [-0.15, -0.1) is 0 Å². The number of carbonyl (C=O) groups is 1. The maximum atomic E-state index is 12.1. The van der Waals surface area contributed by atoms with E-state index in [0.717, 1.165) is 0 Å². The van der Waals surface area contributed by atoms with E-state index in [9.17, 15) is 10.0 Å². The van der Waals surface area contributed by atoms with Crippen LogP contribution in [0.25, 0.3) is 11.0 Å². The highest BCUT2D eigenvalue weighted by Gasteiger charge is 2.22. The Bertz CT molecular complexity index is 584. The minimum atomic E-state index is -0.248. The highest BCUT2D eigenvalue weighted by atomic mass is 32.2. The predicted molar refractivity (Wildman–Crippen MR) is 67.9 cm³/mol. The smallest absolute Gasteiger partial charge is 0.282 e. The Kier molecular flexibility index (Phi) is 3.28. The molecular formula is C12H12N2O2S. The Balaban J connectivity index is 2.79. The second kappa shape index (κ2) is 4.71. The fraction of sp³-hybridized carbons (Fsp3) is 0.250. The quantitative estimate of drug-likeness (QED) is 0.473. The molecule has 1 heterocycles. The van der Waals surface area contributed by atoms with E-state index in [1.807, 2.05) is 12.3 Å². The standard InChI is InChI=1S/C12H12N2O2S/c1-8(15)12-10(7-17-2)13-9-5-3-4-6-11(9)14(12)16/h3-6H,7H2,1-2H3. The van der Waals surface area contributed by atoms with Crippen molar-refractivity contribution in [2.45, 2.75) is 12.7 Å². The molecular weight excluding hydrogens is 236 g/mol. The van der Waals surface area contributed by atoms with Gasteiger partial charge in [0, 0.05) is 18.7 Å². The lowest BCUT2D eigenvalue weighted by Crippen LogP contribution is -2.37. The van der Waals surface area contributed by atoms with Gasteiger partial charge in [0.15, 0.2) is 0 Å². The van der Waals surface area contributed by atoms with Crippen LogP contribution in [0.2, 0.25) is 0 Å². The summed E-state index contributed by atoms with van der Waals surface area (Å²) in [7, 11) is 0. The van der Waals surface area contributed by atoms with Gasteiger partial charge in [-0.05, 0) is 12.3 Å². The van der Waals surface area contributed by atoms with Crippen LogP contribution in [0.15, 0.2) is 24.3 Å². The van der Waals surface area contributed by atoms with Crippen molar-refractivity contribution in [1.82, 2.24) is 4.98 Å². The Morgan fingerprint density at radius 3 is 2.82 bits per heavy atom. The Morgan fingerprint density at radius 1 is 1.47 bits per heavy atom. The molecule has 0 amide bonds. The molecule has 0 radical (unpaired) electrons. The van der Waals surface area contributed by atoms with Crippen molar-refractivity contribution in [3.8, 4) is 0 Å². The minimum Gasteiger partial charge on any atom is -0.618 e. The second-order valence-electron chi connectivity index (χ2n) is 3.68. The zero-order valence-electron chi connectivity index (χ0n) is 9.64. The van der Waals surface area contributed by atoms with Crippen LogP contribution in [0.5, 0.6) is 0 Å². The number of para-hydroxylation sites is 2. The SMILES string of the molecule is CSCc1nc2ccccc2[n+]([O-])c1C(C)=O. The molecule has 4 nitrogen and oxygen atoms in total. The molecule has 1 aromatic heterocycles. The molecule has 2 aromatic rings. The van der Waals surface area contributed by atoms with Crippen molar-refractivity contribution >= 4 is 28.6 Å². The molecule has 0 bridgehead atoms. The normalized spacial score (nSPS) is 10.7. The molecule has 0 N–H and O–H groups in total. The van der Waals surface area contributed by atoms with E-state index in [2.05, 4.69) is 4.98 Å². The van der Waals surface area contributed by atoms with Gasteiger partial charge in [-0.25, -0.2) is 4.98 Å². The summed E-state index contributed by atoms with van der Waals surface area (Å²) in [5.41, 5.74) is 1.76. The van der Waals surface area contributed by atoms with Gasteiger partial charge in [0.1, 0.15) is 11.2 Å². The number of ketones is 1. The maximum absolute atomic E-state index is 12.1. The van der Waals surface area contributed by atoms with Gasteiger partial charge in [-0.1, -0.05) is 12.1 Å². The van der Waals surface area contributed by atoms with Crippen molar-refractivity contribution in [3.63, 3.8) is 0 Å². The van der Waals surface area contributed by atoms with Crippen molar-refractivity contribution in [3.05, 3.63) is 40.9 Å². The summed E-state index contributed by atoms with van der Waals surface area (Å²) in [6.07, 6.45) is 1.91. The fourth-order valence-corrected chi connectivity index (χ4v) is 2.22. The molecule has 0 aliphatic rings. The van der Waals surface area contributed by atoms with Crippen molar-refractivity contribution < 1.29 is 9.52 Å². The van der Waals surface area contributed by atoms with Crippen LogP contribution in [-0.4, -0.2) is 17.0 Å². The first-order valence-corrected chi connectivity index (χ1v) is 6.55. The number of nitrogens with zero attached hydrogens (tertiary/aromatic N) is 2. The number of rotatable bonds is 3. The number of Topliss-reactive ketones (excluding diaryl/α,β-unsaturated/α-hetero) is 1. The lowest BCUT2D eigenvalue weighted by Gasteiger charge is -2.08. The first-order chi connectivity index (χ1) is 8.15. The number of carbonyl (C=O) groups excluding carboxylic acids is 1. The topological polar surface area (TPSA) is 56.9 Å². The monoisotopic (exact) mass is 248 g/mol. The van der Waals surface area contributed by atoms with Gasteiger partial charge in [-0.2, -0.15) is 16.5 Å². The molecule has 0 saturated carbocycles. The number of hydrogen-bond donors (Lipinski definition) is 0. The van der Waals surface area contributed by atoms with Gasteiger partial charge >= 0.3 is 0 Å². The van der Waals surface area contributed by atoms with Gasteiger partial charge in [0.25, 0.3) is 5.69 Å². The molecule has 0 unspecified atom stereocenters. The third-order valence-electron chi connectivity index (χ3n) is 2.45. The summed E-state index contributed by atoms with van der Waals surface area (Å²) in [4.78, 5) is 15.9. The average molecular weight is 248 g/mol. The van der Waals surface area contributed by atoms with Crippen LogP contribution in [0.1, 0.15) is 23.1 Å². The molecule has 0 fully saturated rings. The van der Waals surface area contributed by atoms with Gasteiger partial charge in [-0.3, -0.25) is 4.79 Å². The zero-order chi connectivity index (χ0) is 12.4.